The molecule has 0 radical (unpaired) electrons. The lowest BCUT2D eigenvalue weighted by Crippen LogP contribution is -2.26. The Morgan fingerprint density at radius 2 is 1.94 bits per heavy atom. The first-order valence-electron chi connectivity index (χ1n) is 5.02. The maximum absolute atomic E-state index is 11.7. The molecule has 1 aromatic rings. The van der Waals surface area contributed by atoms with Crippen molar-refractivity contribution in [2.45, 2.75) is 17.7 Å². The summed E-state index contributed by atoms with van der Waals surface area (Å²) in [4.78, 5) is 17.7. The van der Waals surface area contributed by atoms with Gasteiger partial charge < -0.3 is 5.73 Å². The van der Waals surface area contributed by atoms with Gasteiger partial charge in [0.15, 0.2) is 0 Å². The number of carbonyl (C=O) groups is 1. The Morgan fingerprint density at radius 3 is 2.44 bits per heavy atom. The molecule has 0 aromatic carbocycles. The number of nitrogens with one attached hydrogen (secondary N) is 2. The van der Waals surface area contributed by atoms with Crippen LogP contribution in [-0.2, 0) is 14.8 Å². The third kappa shape index (κ3) is 4.24. The average Bonchev–Trinajstić information content (AvgIpc) is 2.34. The number of primary amides is 1. The van der Waals surface area contributed by atoms with Crippen LogP contribution >= 0.6 is 0 Å². The molecule has 100 valence electrons. The van der Waals surface area contributed by atoms with Crippen molar-refractivity contribution in [2.24, 2.45) is 11.6 Å². The molecule has 0 atom stereocenters. The molecule has 0 saturated heterocycles. The molecule has 0 aliphatic rings. The minimum atomic E-state index is -3.68. The second-order valence-corrected chi connectivity index (χ2v) is 5.12. The molecule has 1 rings (SSSR count). The molecule has 10 heteroatoms. The van der Waals surface area contributed by atoms with Gasteiger partial charge in [-0.1, -0.05) is 0 Å². The van der Waals surface area contributed by atoms with Gasteiger partial charge in [0.1, 0.15) is 4.90 Å². The number of nitrogen functional groups attached to an aromatic ring is 1. The monoisotopic (exact) mass is 274 g/mol. The van der Waals surface area contributed by atoms with E-state index in [1.807, 2.05) is 0 Å². The van der Waals surface area contributed by atoms with Crippen LogP contribution in [0.4, 0.5) is 5.95 Å². The van der Waals surface area contributed by atoms with Crippen LogP contribution in [0.5, 0.6) is 0 Å². The third-order valence-electron chi connectivity index (χ3n) is 1.96. The fourth-order valence-corrected chi connectivity index (χ4v) is 2.04. The lowest BCUT2D eigenvalue weighted by molar-refractivity contribution is -0.118. The van der Waals surface area contributed by atoms with E-state index in [9.17, 15) is 13.2 Å². The van der Waals surface area contributed by atoms with Gasteiger partial charge in [0, 0.05) is 13.0 Å². The number of carbonyl (C=O) groups excluding carboxylic acids is 1. The topological polar surface area (TPSA) is 153 Å². The highest BCUT2D eigenvalue weighted by Crippen LogP contribution is 2.06. The summed E-state index contributed by atoms with van der Waals surface area (Å²) in [6, 6.07) is 0. The number of amides is 1. The molecular weight excluding hydrogens is 260 g/mol. The van der Waals surface area contributed by atoms with Gasteiger partial charge in [0.05, 0.1) is 12.4 Å². The fourth-order valence-electron chi connectivity index (χ4n) is 1.08. The summed E-state index contributed by atoms with van der Waals surface area (Å²) >= 11 is 0. The second kappa shape index (κ2) is 6.23. The van der Waals surface area contributed by atoms with Crippen molar-refractivity contribution in [1.82, 2.24) is 14.7 Å². The second-order valence-electron chi connectivity index (χ2n) is 3.35. The molecule has 0 aliphatic heterocycles. The summed E-state index contributed by atoms with van der Waals surface area (Å²) in [5.74, 6) is 4.69. The van der Waals surface area contributed by atoms with Crippen molar-refractivity contribution in [1.29, 1.82) is 0 Å². The molecule has 0 spiro atoms. The van der Waals surface area contributed by atoms with Gasteiger partial charge in [-0.3, -0.25) is 10.2 Å². The normalized spacial score (nSPS) is 11.2. The smallest absolute Gasteiger partial charge is 0.243 e. The minimum Gasteiger partial charge on any atom is -0.370 e. The third-order valence-corrected chi connectivity index (χ3v) is 3.38. The maximum atomic E-state index is 11.7. The van der Waals surface area contributed by atoms with E-state index in [0.29, 0.717) is 6.42 Å². The molecule has 6 N–H and O–H groups in total. The van der Waals surface area contributed by atoms with E-state index in [-0.39, 0.29) is 23.8 Å². The van der Waals surface area contributed by atoms with Crippen LogP contribution in [0.2, 0.25) is 0 Å². The Kier molecular flexibility index (Phi) is 4.95. The highest BCUT2D eigenvalue weighted by atomic mass is 32.2. The fraction of sp³-hybridized carbons (Fsp3) is 0.375. The van der Waals surface area contributed by atoms with Gasteiger partial charge in [0.2, 0.25) is 21.9 Å². The van der Waals surface area contributed by atoms with Gasteiger partial charge in [0.25, 0.3) is 0 Å². The number of rotatable bonds is 7. The van der Waals surface area contributed by atoms with Crippen LogP contribution in [0.25, 0.3) is 0 Å². The number of hydrazine groups is 1. The first-order chi connectivity index (χ1) is 8.45. The predicted molar refractivity (Wildman–Crippen MR) is 63.5 cm³/mol. The Morgan fingerprint density at radius 1 is 1.33 bits per heavy atom. The van der Waals surface area contributed by atoms with E-state index in [0.717, 1.165) is 12.4 Å². The summed E-state index contributed by atoms with van der Waals surface area (Å²) in [5.41, 5.74) is 7.11. The van der Waals surface area contributed by atoms with Crippen molar-refractivity contribution in [3.8, 4) is 0 Å². The number of sulfonamides is 1. The van der Waals surface area contributed by atoms with E-state index in [1.165, 1.54) is 0 Å². The molecule has 1 heterocycles. The standard InChI is InChI=1S/C8H14N6O3S/c9-7(15)2-1-3-13-18(16,17)6-4-11-8(14-10)12-5-6/h4-5,13H,1-3,10H2,(H2,9,15)(H,11,12,14). The number of aromatic nitrogens is 2. The summed E-state index contributed by atoms with van der Waals surface area (Å²) in [7, 11) is -3.68. The summed E-state index contributed by atoms with van der Waals surface area (Å²) in [6.45, 7) is 0.113. The Balaban J connectivity index is 2.59. The minimum absolute atomic E-state index is 0.0828. The average molecular weight is 274 g/mol. The van der Waals surface area contributed by atoms with Gasteiger partial charge >= 0.3 is 0 Å². The van der Waals surface area contributed by atoms with Crippen LogP contribution in [0.15, 0.2) is 17.3 Å². The molecule has 0 fully saturated rings. The summed E-state index contributed by atoms with van der Waals surface area (Å²) < 4.78 is 25.7. The molecule has 0 unspecified atom stereocenters. The van der Waals surface area contributed by atoms with Crippen molar-refractivity contribution in [3.05, 3.63) is 12.4 Å². The van der Waals surface area contributed by atoms with Crippen LogP contribution in [0.1, 0.15) is 12.8 Å². The van der Waals surface area contributed by atoms with Crippen LogP contribution in [-0.4, -0.2) is 30.8 Å². The number of hydrogen-bond acceptors (Lipinski definition) is 7. The van der Waals surface area contributed by atoms with Gasteiger partial charge in [-0.15, -0.1) is 0 Å². The van der Waals surface area contributed by atoms with Crippen LogP contribution in [0.3, 0.4) is 0 Å². The molecule has 0 aliphatic carbocycles. The quantitative estimate of drug-likeness (QED) is 0.263. The van der Waals surface area contributed by atoms with Gasteiger partial charge in [-0.2, -0.15) is 0 Å². The van der Waals surface area contributed by atoms with Crippen molar-refractivity contribution < 1.29 is 13.2 Å². The molecular formula is C8H14N6O3S. The lowest BCUT2D eigenvalue weighted by Gasteiger charge is -2.05. The van der Waals surface area contributed by atoms with Crippen molar-refractivity contribution >= 4 is 21.9 Å². The molecule has 0 bridgehead atoms. The van der Waals surface area contributed by atoms with Gasteiger partial charge in [-0.25, -0.2) is 29.0 Å². The predicted octanol–water partition coefficient (Wildman–Crippen LogP) is -1.69. The zero-order valence-corrected chi connectivity index (χ0v) is 10.3. The van der Waals surface area contributed by atoms with E-state index in [1.54, 1.807) is 0 Å². The Labute approximate surface area is 104 Å². The van der Waals surface area contributed by atoms with Crippen LogP contribution < -0.4 is 21.7 Å². The zero-order chi connectivity index (χ0) is 13.6. The molecule has 9 nitrogen and oxygen atoms in total. The number of anilines is 1. The SMILES string of the molecule is NNc1ncc(S(=O)(=O)NCCCC(N)=O)cn1. The summed E-state index contributed by atoms with van der Waals surface area (Å²) in [6.07, 6.45) is 2.70. The number of hydrogen-bond donors (Lipinski definition) is 4. The van der Waals surface area contributed by atoms with Crippen LogP contribution in [0, 0.1) is 0 Å². The number of nitrogens with zero attached hydrogens (tertiary/aromatic N) is 2. The highest BCUT2D eigenvalue weighted by Gasteiger charge is 2.14. The largest absolute Gasteiger partial charge is 0.370 e. The molecule has 18 heavy (non-hydrogen) atoms. The van der Waals surface area contributed by atoms with E-state index < -0.39 is 15.9 Å². The van der Waals surface area contributed by atoms with E-state index >= 15 is 0 Å². The maximum Gasteiger partial charge on any atom is 0.243 e. The Bertz CT molecular complexity index is 500. The number of nitrogens with two attached hydrogens (primary N) is 2. The van der Waals surface area contributed by atoms with Crippen molar-refractivity contribution in [2.75, 3.05) is 12.0 Å². The Hall–Kier alpha value is -1.78. The summed E-state index contributed by atoms with van der Waals surface area (Å²) in [5, 5.41) is 0. The zero-order valence-electron chi connectivity index (χ0n) is 9.46. The van der Waals surface area contributed by atoms with Crippen molar-refractivity contribution in [3.63, 3.8) is 0 Å². The lowest BCUT2D eigenvalue weighted by atomic mass is 10.3. The molecule has 0 saturated carbocycles. The van der Waals surface area contributed by atoms with E-state index in [2.05, 4.69) is 20.1 Å². The molecule has 1 amide bonds. The molecule has 1 aromatic heterocycles. The van der Waals surface area contributed by atoms with E-state index in [4.69, 9.17) is 11.6 Å². The van der Waals surface area contributed by atoms with Gasteiger partial charge in [-0.05, 0) is 6.42 Å². The first-order valence-corrected chi connectivity index (χ1v) is 6.50. The highest BCUT2D eigenvalue weighted by molar-refractivity contribution is 7.89. The first kappa shape index (κ1) is 14.3.